The summed E-state index contributed by atoms with van der Waals surface area (Å²) in [6.07, 6.45) is 2.96. The van der Waals surface area contributed by atoms with E-state index in [2.05, 4.69) is 10.6 Å². The molecular formula is C35H29N3O4S. The van der Waals surface area contributed by atoms with Gasteiger partial charge in [0.15, 0.2) is 0 Å². The highest BCUT2D eigenvalue weighted by Crippen LogP contribution is 2.32. The zero-order valence-corrected chi connectivity index (χ0v) is 24.2. The van der Waals surface area contributed by atoms with Crippen LogP contribution in [0.2, 0.25) is 0 Å². The maximum Gasteiger partial charge on any atom is 0.272 e. The molecule has 0 aliphatic carbocycles. The lowest BCUT2D eigenvalue weighted by molar-refractivity contribution is -0.117. The van der Waals surface area contributed by atoms with Gasteiger partial charge in [0.2, 0.25) is 5.91 Å². The second-order valence-corrected chi connectivity index (χ2v) is 10.9. The molecule has 1 unspecified atom stereocenters. The van der Waals surface area contributed by atoms with Crippen molar-refractivity contribution in [3.63, 3.8) is 0 Å². The van der Waals surface area contributed by atoms with Crippen molar-refractivity contribution in [2.75, 3.05) is 10.2 Å². The molecule has 0 saturated carbocycles. The van der Waals surface area contributed by atoms with E-state index in [4.69, 9.17) is 4.42 Å². The van der Waals surface area contributed by atoms with Gasteiger partial charge in [-0.3, -0.25) is 19.3 Å². The molecule has 0 aliphatic heterocycles. The van der Waals surface area contributed by atoms with Gasteiger partial charge in [-0.1, -0.05) is 60.7 Å². The quantitative estimate of drug-likeness (QED) is 0.130. The van der Waals surface area contributed by atoms with E-state index in [1.807, 2.05) is 79.7 Å². The number of hydrogen-bond acceptors (Lipinski definition) is 5. The Morgan fingerprint density at radius 1 is 0.767 bits per heavy atom. The van der Waals surface area contributed by atoms with Crippen LogP contribution < -0.4 is 15.5 Å². The SMILES string of the molecule is CC(Sc1cccc(NC(=O)/C(=C\c2ccco2)NC(=O)c2ccccc2)c1)C(=O)N(c1ccccc1)c1ccccc1. The molecule has 0 fully saturated rings. The van der Waals surface area contributed by atoms with Crippen LogP contribution in [-0.2, 0) is 9.59 Å². The minimum atomic E-state index is -0.522. The van der Waals surface area contributed by atoms with Crippen LogP contribution >= 0.6 is 11.8 Å². The average Bonchev–Trinajstić information content (AvgIpc) is 3.56. The number of nitrogens with zero attached hydrogens (tertiary/aromatic N) is 1. The summed E-state index contributed by atoms with van der Waals surface area (Å²) in [5.74, 6) is -0.612. The van der Waals surface area contributed by atoms with Crippen LogP contribution in [0.25, 0.3) is 6.08 Å². The molecule has 0 aliphatic rings. The Hall–Kier alpha value is -5.34. The third-order valence-corrected chi connectivity index (χ3v) is 7.44. The first kappa shape index (κ1) is 29.2. The molecule has 0 bridgehead atoms. The third-order valence-electron chi connectivity index (χ3n) is 6.36. The van der Waals surface area contributed by atoms with Gasteiger partial charge in [0.1, 0.15) is 11.5 Å². The van der Waals surface area contributed by atoms with Crippen LogP contribution in [-0.4, -0.2) is 23.0 Å². The van der Waals surface area contributed by atoms with E-state index in [0.29, 0.717) is 17.0 Å². The van der Waals surface area contributed by atoms with Crippen molar-refractivity contribution < 1.29 is 18.8 Å². The number of nitrogens with one attached hydrogen (secondary N) is 2. The van der Waals surface area contributed by atoms with Gasteiger partial charge in [-0.05, 0) is 73.7 Å². The predicted molar refractivity (Wildman–Crippen MR) is 171 cm³/mol. The Labute approximate surface area is 254 Å². The van der Waals surface area contributed by atoms with Crippen molar-refractivity contribution >= 4 is 52.6 Å². The van der Waals surface area contributed by atoms with Crippen LogP contribution in [0.4, 0.5) is 17.1 Å². The first-order valence-corrected chi connectivity index (χ1v) is 14.5. The molecule has 214 valence electrons. The summed E-state index contributed by atoms with van der Waals surface area (Å²) in [7, 11) is 0. The van der Waals surface area contributed by atoms with E-state index < -0.39 is 17.1 Å². The molecule has 1 aromatic heterocycles. The molecule has 5 rings (SSSR count). The number of carbonyl (C=O) groups excluding carboxylic acids is 3. The minimum Gasteiger partial charge on any atom is -0.465 e. The summed E-state index contributed by atoms with van der Waals surface area (Å²) < 4.78 is 5.37. The summed E-state index contributed by atoms with van der Waals surface area (Å²) in [6.45, 7) is 1.86. The van der Waals surface area contributed by atoms with Crippen LogP contribution in [0, 0.1) is 0 Å². The van der Waals surface area contributed by atoms with Crippen molar-refractivity contribution in [3.05, 3.63) is 151 Å². The van der Waals surface area contributed by atoms with E-state index in [0.717, 1.165) is 16.3 Å². The molecule has 0 saturated heterocycles. The second-order valence-electron chi connectivity index (χ2n) is 9.48. The fraction of sp³-hybridized carbons (Fsp3) is 0.0571. The fourth-order valence-electron chi connectivity index (χ4n) is 4.30. The number of para-hydroxylation sites is 2. The molecule has 7 nitrogen and oxygen atoms in total. The Morgan fingerprint density at radius 2 is 1.40 bits per heavy atom. The molecule has 4 aromatic carbocycles. The molecule has 5 aromatic rings. The smallest absolute Gasteiger partial charge is 0.272 e. The van der Waals surface area contributed by atoms with Gasteiger partial charge in [-0.25, -0.2) is 0 Å². The number of furan rings is 1. The van der Waals surface area contributed by atoms with E-state index >= 15 is 0 Å². The number of thioether (sulfide) groups is 1. The van der Waals surface area contributed by atoms with Crippen molar-refractivity contribution in [3.8, 4) is 0 Å². The van der Waals surface area contributed by atoms with E-state index in [1.165, 1.54) is 24.1 Å². The summed E-state index contributed by atoms with van der Waals surface area (Å²) in [5.41, 5.74) is 2.50. The average molecular weight is 588 g/mol. The molecule has 1 atom stereocenters. The molecule has 1 heterocycles. The zero-order valence-electron chi connectivity index (χ0n) is 23.3. The van der Waals surface area contributed by atoms with Crippen LogP contribution in [0.3, 0.4) is 0 Å². The molecule has 8 heteroatoms. The number of carbonyl (C=O) groups is 3. The van der Waals surface area contributed by atoms with Crippen molar-refractivity contribution in [2.24, 2.45) is 0 Å². The Morgan fingerprint density at radius 3 is 2.00 bits per heavy atom. The van der Waals surface area contributed by atoms with E-state index in [-0.39, 0.29) is 11.6 Å². The van der Waals surface area contributed by atoms with Gasteiger partial charge in [0, 0.05) is 33.6 Å². The lowest BCUT2D eigenvalue weighted by atomic mass is 10.2. The monoisotopic (exact) mass is 587 g/mol. The topological polar surface area (TPSA) is 91.6 Å². The molecule has 2 N–H and O–H groups in total. The van der Waals surface area contributed by atoms with E-state index in [9.17, 15) is 14.4 Å². The lowest BCUT2D eigenvalue weighted by Gasteiger charge is -2.26. The molecule has 3 amide bonds. The Kier molecular flexibility index (Phi) is 9.51. The first-order valence-electron chi connectivity index (χ1n) is 13.6. The van der Waals surface area contributed by atoms with Crippen molar-refractivity contribution in [1.29, 1.82) is 0 Å². The molecular weight excluding hydrogens is 558 g/mol. The first-order chi connectivity index (χ1) is 21.0. The molecule has 0 radical (unpaired) electrons. The lowest BCUT2D eigenvalue weighted by Crippen LogP contribution is -2.32. The summed E-state index contributed by atoms with van der Waals surface area (Å²) in [4.78, 5) is 42.4. The van der Waals surface area contributed by atoms with Crippen LogP contribution in [0.5, 0.6) is 0 Å². The second kappa shape index (κ2) is 14.0. The Bertz CT molecular complexity index is 1670. The number of amides is 3. The minimum absolute atomic E-state index is 0.0202. The Balaban J connectivity index is 1.32. The summed E-state index contributed by atoms with van der Waals surface area (Å²) >= 11 is 1.39. The number of rotatable bonds is 10. The molecule has 43 heavy (non-hydrogen) atoms. The van der Waals surface area contributed by atoms with Gasteiger partial charge in [-0.15, -0.1) is 11.8 Å². The van der Waals surface area contributed by atoms with Crippen LogP contribution in [0.1, 0.15) is 23.0 Å². The zero-order chi connectivity index (χ0) is 30.0. The predicted octanol–water partition coefficient (Wildman–Crippen LogP) is 7.53. The highest BCUT2D eigenvalue weighted by Gasteiger charge is 2.24. The number of hydrogen-bond donors (Lipinski definition) is 2. The maximum atomic E-state index is 13.8. The number of benzene rings is 4. The van der Waals surface area contributed by atoms with E-state index in [1.54, 1.807) is 59.5 Å². The van der Waals surface area contributed by atoms with Crippen molar-refractivity contribution in [1.82, 2.24) is 5.32 Å². The van der Waals surface area contributed by atoms with Crippen LogP contribution in [0.15, 0.2) is 149 Å². The summed E-state index contributed by atoms with van der Waals surface area (Å²) in [6, 6.07) is 38.3. The largest absolute Gasteiger partial charge is 0.465 e. The highest BCUT2D eigenvalue weighted by molar-refractivity contribution is 8.00. The normalized spacial score (nSPS) is 11.8. The third kappa shape index (κ3) is 7.69. The van der Waals surface area contributed by atoms with Gasteiger partial charge >= 0.3 is 0 Å². The van der Waals surface area contributed by atoms with Gasteiger partial charge < -0.3 is 15.1 Å². The van der Waals surface area contributed by atoms with Gasteiger partial charge in [-0.2, -0.15) is 0 Å². The maximum absolute atomic E-state index is 13.8. The summed E-state index contributed by atoms with van der Waals surface area (Å²) in [5, 5.41) is 5.11. The highest BCUT2D eigenvalue weighted by atomic mass is 32.2. The number of anilines is 3. The standard InChI is InChI=1S/C35H29N3O4S/c1-25(35(41)38(28-16-7-3-8-17-28)29-18-9-4-10-19-29)43-31-21-11-15-27(23-31)36-34(40)32(24-30-20-12-22-42-30)37-33(39)26-13-5-2-6-14-26/h2-25H,1H3,(H,36,40)(H,37,39)/b32-24+. The molecule has 0 spiro atoms. The van der Waals surface area contributed by atoms with Crippen molar-refractivity contribution in [2.45, 2.75) is 17.1 Å². The van der Waals surface area contributed by atoms with Gasteiger partial charge in [0.05, 0.1) is 11.5 Å². The van der Waals surface area contributed by atoms with Gasteiger partial charge in [0.25, 0.3) is 11.8 Å². The fourth-order valence-corrected chi connectivity index (χ4v) is 5.26.